The zero-order valence-electron chi connectivity index (χ0n) is 11.9. The number of nitrogens with one attached hydrogen (secondary N) is 1. The lowest BCUT2D eigenvalue weighted by molar-refractivity contribution is -0.384. The summed E-state index contributed by atoms with van der Waals surface area (Å²) in [5, 5.41) is 22.9. The summed E-state index contributed by atoms with van der Waals surface area (Å²) < 4.78 is 24.2. The number of nitro groups is 1. The number of nitro benzene ring substituents is 1. The molecule has 0 heterocycles. The molecule has 0 saturated carbocycles. The number of rotatable bonds is 5. The van der Waals surface area contributed by atoms with Crippen molar-refractivity contribution in [2.75, 3.05) is 0 Å². The second-order valence-corrected chi connectivity index (χ2v) is 6.53. The van der Waals surface area contributed by atoms with Gasteiger partial charge in [0.1, 0.15) is 5.02 Å². The van der Waals surface area contributed by atoms with Crippen molar-refractivity contribution in [3.05, 3.63) is 68.7 Å². The standard InChI is InChI=1S/C14H9ClN4O4S/c15-13-6-5-12(7-14(13)19(20)21)24(22,23)18-17-9-11-3-1-10(8-16)2-4-11/h1-7,9,18H. The van der Waals surface area contributed by atoms with Crippen LogP contribution in [0, 0.1) is 21.4 Å². The molecule has 8 nitrogen and oxygen atoms in total. The van der Waals surface area contributed by atoms with E-state index in [2.05, 4.69) is 5.10 Å². The number of hydrazone groups is 1. The molecule has 0 unspecified atom stereocenters. The number of benzene rings is 2. The molecule has 2 aromatic carbocycles. The molecule has 0 aliphatic carbocycles. The molecule has 1 N–H and O–H groups in total. The molecule has 0 spiro atoms. The van der Waals surface area contributed by atoms with Gasteiger partial charge in [0.2, 0.25) is 0 Å². The van der Waals surface area contributed by atoms with Crippen molar-refractivity contribution in [2.24, 2.45) is 5.10 Å². The highest BCUT2D eigenvalue weighted by Gasteiger charge is 2.20. The van der Waals surface area contributed by atoms with Crippen LogP contribution in [0.1, 0.15) is 11.1 Å². The summed E-state index contributed by atoms with van der Waals surface area (Å²) in [4.78, 5) is 11.6. The lowest BCUT2D eigenvalue weighted by Crippen LogP contribution is -2.18. The quantitative estimate of drug-likeness (QED) is 0.495. The first kappa shape index (κ1) is 17.4. The van der Waals surface area contributed by atoms with Gasteiger partial charge in [0, 0.05) is 6.07 Å². The van der Waals surface area contributed by atoms with Crippen LogP contribution in [0.15, 0.2) is 52.5 Å². The van der Waals surface area contributed by atoms with Gasteiger partial charge >= 0.3 is 0 Å². The molecule has 0 atom stereocenters. The van der Waals surface area contributed by atoms with Gasteiger partial charge < -0.3 is 0 Å². The van der Waals surface area contributed by atoms with Gasteiger partial charge in [0.15, 0.2) is 0 Å². The largest absolute Gasteiger partial charge is 0.289 e. The Morgan fingerprint density at radius 3 is 2.50 bits per heavy atom. The van der Waals surface area contributed by atoms with E-state index < -0.39 is 20.6 Å². The van der Waals surface area contributed by atoms with Crippen LogP contribution in [-0.2, 0) is 10.0 Å². The van der Waals surface area contributed by atoms with Crippen LogP contribution in [0.25, 0.3) is 0 Å². The van der Waals surface area contributed by atoms with Crippen molar-refractivity contribution < 1.29 is 13.3 Å². The van der Waals surface area contributed by atoms with E-state index in [9.17, 15) is 18.5 Å². The number of hydrogen-bond acceptors (Lipinski definition) is 6. The highest BCUT2D eigenvalue weighted by atomic mass is 35.5. The molecule has 2 aromatic rings. The highest BCUT2D eigenvalue weighted by molar-refractivity contribution is 7.89. The van der Waals surface area contributed by atoms with E-state index in [0.717, 1.165) is 18.2 Å². The molecule has 0 aliphatic rings. The van der Waals surface area contributed by atoms with Gasteiger partial charge in [-0.2, -0.15) is 18.8 Å². The Labute approximate surface area is 142 Å². The fraction of sp³-hybridized carbons (Fsp3) is 0. The Balaban J connectivity index is 2.19. The van der Waals surface area contributed by atoms with Crippen LogP contribution in [0.3, 0.4) is 0 Å². The monoisotopic (exact) mass is 364 g/mol. The predicted molar refractivity (Wildman–Crippen MR) is 87.2 cm³/mol. The van der Waals surface area contributed by atoms with Crippen LogP contribution in [0.4, 0.5) is 5.69 Å². The number of halogens is 1. The van der Waals surface area contributed by atoms with Gasteiger partial charge in [0.05, 0.1) is 27.7 Å². The first-order chi connectivity index (χ1) is 11.3. The van der Waals surface area contributed by atoms with Gasteiger partial charge in [-0.3, -0.25) is 10.1 Å². The Morgan fingerprint density at radius 2 is 1.92 bits per heavy atom. The Bertz CT molecular complexity index is 950. The van der Waals surface area contributed by atoms with Crippen molar-refractivity contribution >= 4 is 33.5 Å². The molecule has 10 heteroatoms. The summed E-state index contributed by atoms with van der Waals surface area (Å²) >= 11 is 5.64. The zero-order chi connectivity index (χ0) is 17.7. The van der Waals surface area contributed by atoms with Crippen LogP contribution >= 0.6 is 11.6 Å². The maximum absolute atomic E-state index is 12.1. The summed E-state index contributed by atoms with van der Waals surface area (Å²) in [6.45, 7) is 0. The molecular formula is C14H9ClN4O4S. The average molecular weight is 365 g/mol. The summed E-state index contributed by atoms with van der Waals surface area (Å²) in [5.41, 5.74) is 0.510. The van der Waals surface area contributed by atoms with Crippen LogP contribution in [-0.4, -0.2) is 19.6 Å². The Hall–Kier alpha value is -2.96. The fourth-order valence-corrected chi connectivity index (χ4v) is 2.66. The molecule has 0 radical (unpaired) electrons. The van der Waals surface area contributed by atoms with Crippen molar-refractivity contribution in [2.45, 2.75) is 4.90 Å². The maximum atomic E-state index is 12.1. The van der Waals surface area contributed by atoms with Gasteiger partial charge in [0.25, 0.3) is 15.7 Å². The van der Waals surface area contributed by atoms with Crippen molar-refractivity contribution in [1.82, 2.24) is 4.83 Å². The third-order valence-electron chi connectivity index (χ3n) is 2.85. The van der Waals surface area contributed by atoms with Crippen molar-refractivity contribution in [1.29, 1.82) is 5.26 Å². The van der Waals surface area contributed by atoms with E-state index >= 15 is 0 Å². The molecule has 0 aliphatic heterocycles. The van der Waals surface area contributed by atoms with Gasteiger partial charge in [-0.25, -0.2) is 4.83 Å². The Kier molecular flexibility index (Phi) is 5.13. The van der Waals surface area contributed by atoms with Crippen molar-refractivity contribution in [3.63, 3.8) is 0 Å². The summed E-state index contributed by atoms with van der Waals surface area (Å²) in [7, 11) is -4.08. The molecular weight excluding hydrogens is 356 g/mol. The number of nitrogens with zero attached hydrogens (tertiary/aromatic N) is 3. The summed E-state index contributed by atoms with van der Waals surface area (Å²) in [6.07, 6.45) is 1.24. The molecule has 0 fully saturated rings. The second-order valence-electron chi connectivity index (χ2n) is 4.46. The number of hydrogen-bond donors (Lipinski definition) is 1. The SMILES string of the molecule is N#Cc1ccc(C=NNS(=O)(=O)c2ccc(Cl)c([N+](=O)[O-])c2)cc1. The van der Waals surface area contributed by atoms with Gasteiger partial charge in [-0.05, 0) is 29.8 Å². The normalized spacial score (nSPS) is 11.2. The minimum atomic E-state index is -4.08. The van der Waals surface area contributed by atoms with E-state index in [4.69, 9.17) is 16.9 Å². The van der Waals surface area contributed by atoms with Crippen LogP contribution in [0.5, 0.6) is 0 Å². The average Bonchev–Trinajstić information content (AvgIpc) is 2.55. The minimum absolute atomic E-state index is 0.167. The minimum Gasteiger partial charge on any atom is -0.258 e. The van der Waals surface area contributed by atoms with E-state index in [0.29, 0.717) is 11.1 Å². The van der Waals surface area contributed by atoms with E-state index in [1.165, 1.54) is 6.21 Å². The lowest BCUT2D eigenvalue weighted by atomic mass is 10.2. The first-order valence-corrected chi connectivity index (χ1v) is 8.18. The smallest absolute Gasteiger partial charge is 0.258 e. The molecule has 0 amide bonds. The Morgan fingerprint density at radius 1 is 1.25 bits per heavy atom. The first-order valence-electron chi connectivity index (χ1n) is 6.32. The molecule has 0 saturated heterocycles. The van der Waals surface area contributed by atoms with Gasteiger partial charge in [-0.1, -0.05) is 23.7 Å². The highest BCUT2D eigenvalue weighted by Crippen LogP contribution is 2.26. The van der Waals surface area contributed by atoms with E-state index in [1.807, 2.05) is 10.9 Å². The fourth-order valence-electron chi connectivity index (χ4n) is 1.67. The second kappa shape index (κ2) is 7.08. The molecule has 0 aromatic heterocycles. The van der Waals surface area contributed by atoms with E-state index in [-0.39, 0.29) is 9.92 Å². The predicted octanol–water partition coefficient (Wildman–Crippen LogP) is 2.43. The topological polar surface area (TPSA) is 125 Å². The van der Waals surface area contributed by atoms with Crippen LogP contribution in [0.2, 0.25) is 5.02 Å². The third kappa shape index (κ3) is 4.07. The zero-order valence-corrected chi connectivity index (χ0v) is 13.5. The van der Waals surface area contributed by atoms with Gasteiger partial charge in [-0.15, -0.1) is 0 Å². The molecule has 122 valence electrons. The van der Waals surface area contributed by atoms with Crippen molar-refractivity contribution in [3.8, 4) is 6.07 Å². The molecule has 24 heavy (non-hydrogen) atoms. The summed E-state index contributed by atoms with van der Waals surface area (Å²) in [6, 6.07) is 11.3. The molecule has 2 rings (SSSR count). The molecule has 0 bridgehead atoms. The summed E-state index contributed by atoms with van der Waals surface area (Å²) in [5.74, 6) is 0. The number of sulfonamides is 1. The maximum Gasteiger partial charge on any atom is 0.289 e. The lowest BCUT2D eigenvalue weighted by Gasteiger charge is -2.04. The van der Waals surface area contributed by atoms with Crippen LogP contribution < -0.4 is 4.83 Å². The van der Waals surface area contributed by atoms with E-state index in [1.54, 1.807) is 24.3 Å². The number of nitriles is 1. The third-order valence-corrected chi connectivity index (χ3v) is 4.39.